The van der Waals surface area contributed by atoms with Crippen LogP contribution >= 0.6 is 11.8 Å². The van der Waals surface area contributed by atoms with Crippen molar-refractivity contribution in [1.82, 2.24) is 14.8 Å². The average molecular weight is 394 g/mol. The molecule has 2 amide bonds. The van der Waals surface area contributed by atoms with Gasteiger partial charge in [-0.25, -0.2) is 0 Å². The Morgan fingerprint density at radius 3 is 2.50 bits per heavy atom. The molecule has 8 nitrogen and oxygen atoms in total. The maximum absolute atomic E-state index is 12.2. The molecular formula is C19H18N6O2S. The zero-order valence-electron chi connectivity index (χ0n) is 14.9. The number of rotatable bonds is 6. The lowest BCUT2D eigenvalue weighted by Crippen LogP contribution is -2.15. The summed E-state index contributed by atoms with van der Waals surface area (Å²) in [5, 5.41) is 12.0. The van der Waals surface area contributed by atoms with Gasteiger partial charge in [-0.3, -0.25) is 14.2 Å². The standard InChI is InChI=1S/C19H18N6O2S/c20-17(27)13-6-8-14(9-7-13)21-16(26)12-28-19-23-22-18-24(10-11-25(18)19)15-4-2-1-3-5-15/h1-9H,10-12H2,(H2,20,27)(H,21,26). The minimum Gasteiger partial charge on any atom is -0.366 e. The second-order valence-corrected chi connectivity index (χ2v) is 7.14. The van der Waals surface area contributed by atoms with Gasteiger partial charge in [-0.15, -0.1) is 10.2 Å². The smallest absolute Gasteiger partial charge is 0.248 e. The molecule has 1 aromatic heterocycles. The van der Waals surface area contributed by atoms with Gasteiger partial charge in [-0.1, -0.05) is 30.0 Å². The molecule has 28 heavy (non-hydrogen) atoms. The molecule has 0 fully saturated rings. The van der Waals surface area contributed by atoms with Gasteiger partial charge in [-0.2, -0.15) is 0 Å². The van der Waals surface area contributed by atoms with Crippen molar-refractivity contribution in [2.24, 2.45) is 5.73 Å². The van der Waals surface area contributed by atoms with Crippen LogP contribution in [0.4, 0.5) is 17.3 Å². The number of benzene rings is 2. The number of thioether (sulfide) groups is 1. The molecule has 0 radical (unpaired) electrons. The number of nitrogens with zero attached hydrogens (tertiary/aromatic N) is 4. The number of aromatic nitrogens is 3. The fraction of sp³-hybridized carbons (Fsp3) is 0.158. The Morgan fingerprint density at radius 2 is 1.79 bits per heavy atom. The SMILES string of the molecule is NC(=O)c1ccc(NC(=O)CSc2nnc3n2CCN3c2ccccc2)cc1. The first kappa shape index (κ1) is 18.1. The Labute approximate surface area is 165 Å². The summed E-state index contributed by atoms with van der Waals surface area (Å²) < 4.78 is 2.02. The van der Waals surface area contributed by atoms with Crippen LogP contribution in [0.5, 0.6) is 0 Å². The predicted molar refractivity (Wildman–Crippen MR) is 108 cm³/mol. The number of carbonyl (C=O) groups excluding carboxylic acids is 2. The quantitative estimate of drug-likeness (QED) is 0.621. The molecule has 0 bridgehead atoms. The van der Waals surface area contributed by atoms with Crippen LogP contribution in [0, 0.1) is 0 Å². The lowest BCUT2D eigenvalue weighted by Gasteiger charge is -2.14. The highest BCUT2D eigenvalue weighted by molar-refractivity contribution is 7.99. The molecular weight excluding hydrogens is 376 g/mol. The third kappa shape index (κ3) is 3.70. The second-order valence-electron chi connectivity index (χ2n) is 6.20. The molecule has 0 spiro atoms. The first-order valence-corrected chi connectivity index (χ1v) is 9.69. The Hall–Kier alpha value is -3.33. The summed E-state index contributed by atoms with van der Waals surface area (Å²) in [5.41, 5.74) is 7.29. The Morgan fingerprint density at radius 1 is 1.04 bits per heavy atom. The molecule has 3 aromatic rings. The van der Waals surface area contributed by atoms with Crippen LogP contribution < -0.4 is 16.0 Å². The largest absolute Gasteiger partial charge is 0.366 e. The van der Waals surface area contributed by atoms with Crippen LogP contribution in [-0.2, 0) is 11.3 Å². The fourth-order valence-corrected chi connectivity index (χ4v) is 3.74. The third-order valence-electron chi connectivity index (χ3n) is 4.34. The number of nitrogens with one attached hydrogen (secondary N) is 1. The van der Waals surface area contributed by atoms with Crippen molar-refractivity contribution >= 4 is 40.9 Å². The number of anilines is 3. The van der Waals surface area contributed by atoms with E-state index in [9.17, 15) is 9.59 Å². The topological polar surface area (TPSA) is 106 Å². The van der Waals surface area contributed by atoms with Gasteiger partial charge in [0.15, 0.2) is 5.16 Å². The van der Waals surface area contributed by atoms with Crippen molar-refractivity contribution < 1.29 is 9.59 Å². The fourth-order valence-electron chi connectivity index (χ4n) is 2.98. The summed E-state index contributed by atoms with van der Waals surface area (Å²) in [6.07, 6.45) is 0. The molecule has 0 saturated carbocycles. The maximum Gasteiger partial charge on any atom is 0.248 e. The van der Waals surface area contributed by atoms with Gasteiger partial charge < -0.3 is 16.0 Å². The normalized spacial score (nSPS) is 12.6. The zero-order valence-corrected chi connectivity index (χ0v) is 15.7. The number of hydrogen-bond acceptors (Lipinski definition) is 6. The highest BCUT2D eigenvalue weighted by Gasteiger charge is 2.26. The molecule has 4 rings (SSSR count). The van der Waals surface area contributed by atoms with Crippen molar-refractivity contribution in [3.8, 4) is 0 Å². The monoisotopic (exact) mass is 394 g/mol. The number of carbonyl (C=O) groups is 2. The van der Waals surface area contributed by atoms with E-state index in [0.717, 1.165) is 24.7 Å². The molecule has 3 N–H and O–H groups in total. The Kier molecular flexibility index (Phi) is 4.98. The van der Waals surface area contributed by atoms with Gasteiger partial charge in [0.05, 0.1) is 5.75 Å². The summed E-state index contributed by atoms with van der Waals surface area (Å²) in [5.74, 6) is 0.336. The van der Waals surface area contributed by atoms with Gasteiger partial charge in [-0.05, 0) is 36.4 Å². The van der Waals surface area contributed by atoms with Crippen LogP contribution in [0.25, 0.3) is 0 Å². The van der Waals surface area contributed by atoms with Crippen LogP contribution in [0.3, 0.4) is 0 Å². The number of hydrogen-bond donors (Lipinski definition) is 2. The van der Waals surface area contributed by atoms with E-state index in [2.05, 4.69) is 20.4 Å². The Bertz CT molecular complexity index is 1000. The van der Waals surface area contributed by atoms with Crippen molar-refractivity contribution in [1.29, 1.82) is 0 Å². The van der Waals surface area contributed by atoms with Crippen LogP contribution in [0.15, 0.2) is 59.8 Å². The van der Waals surface area contributed by atoms with Crippen LogP contribution in [0.2, 0.25) is 0 Å². The molecule has 0 saturated heterocycles. The lowest BCUT2D eigenvalue weighted by molar-refractivity contribution is -0.113. The maximum atomic E-state index is 12.2. The molecule has 2 aromatic carbocycles. The first-order valence-electron chi connectivity index (χ1n) is 8.70. The van der Waals surface area contributed by atoms with Crippen LogP contribution in [0.1, 0.15) is 10.4 Å². The van der Waals surface area contributed by atoms with Gasteiger partial charge in [0, 0.05) is 30.0 Å². The number of nitrogens with two attached hydrogens (primary N) is 1. The number of primary amides is 1. The van der Waals surface area contributed by atoms with E-state index >= 15 is 0 Å². The summed E-state index contributed by atoms with van der Waals surface area (Å²) in [6, 6.07) is 16.5. The van der Waals surface area contributed by atoms with E-state index in [1.54, 1.807) is 24.3 Å². The highest BCUT2D eigenvalue weighted by atomic mass is 32.2. The van der Waals surface area contributed by atoms with E-state index in [4.69, 9.17) is 5.73 Å². The average Bonchev–Trinajstić information content (AvgIpc) is 3.30. The Balaban J connectivity index is 1.37. The van der Waals surface area contributed by atoms with Crippen molar-refractivity contribution in [3.63, 3.8) is 0 Å². The molecule has 0 atom stereocenters. The zero-order chi connectivity index (χ0) is 19.5. The van der Waals surface area contributed by atoms with Crippen molar-refractivity contribution in [2.45, 2.75) is 11.7 Å². The lowest BCUT2D eigenvalue weighted by atomic mass is 10.2. The second kappa shape index (κ2) is 7.73. The molecule has 0 aliphatic carbocycles. The predicted octanol–water partition coefficient (Wildman–Crippen LogP) is 2.26. The summed E-state index contributed by atoms with van der Waals surface area (Å²) in [4.78, 5) is 25.4. The van der Waals surface area contributed by atoms with Crippen molar-refractivity contribution in [2.75, 3.05) is 22.5 Å². The summed E-state index contributed by atoms with van der Waals surface area (Å²) in [6.45, 7) is 1.59. The highest BCUT2D eigenvalue weighted by Crippen LogP contribution is 2.31. The molecule has 142 valence electrons. The number of para-hydroxylation sites is 1. The number of fused-ring (bicyclic) bond motifs is 1. The molecule has 1 aliphatic rings. The molecule has 9 heteroatoms. The van der Waals surface area contributed by atoms with Crippen molar-refractivity contribution in [3.05, 3.63) is 60.2 Å². The van der Waals surface area contributed by atoms with E-state index in [1.165, 1.54) is 11.8 Å². The van der Waals surface area contributed by atoms with E-state index < -0.39 is 5.91 Å². The third-order valence-corrected chi connectivity index (χ3v) is 5.31. The van der Waals surface area contributed by atoms with E-state index in [1.807, 2.05) is 34.9 Å². The van der Waals surface area contributed by atoms with E-state index in [0.29, 0.717) is 16.4 Å². The van der Waals surface area contributed by atoms with Gasteiger partial charge >= 0.3 is 0 Å². The summed E-state index contributed by atoms with van der Waals surface area (Å²) >= 11 is 1.34. The van der Waals surface area contributed by atoms with Gasteiger partial charge in [0.25, 0.3) is 0 Å². The van der Waals surface area contributed by atoms with Gasteiger partial charge in [0.2, 0.25) is 17.8 Å². The first-order chi connectivity index (χ1) is 13.6. The molecule has 0 unspecified atom stereocenters. The van der Waals surface area contributed by atoms with E-state index in [-0.39, 0.29) is 11.7 Å². The summed E-state index contributed by atoms with van der Waals surface area (Å²) in [7, 11) is 0. The minimum absolute atomic E-state index is 0.160. The minimum atomic E-state index is -0.501. The van der Waals surface area contributed by atoms with Gasteiger partial charge in [0.1, 0.15) is 0 Å². The van der Waals surface area contributed by atoms with Crippen LogP contribution in [-0.4, -0.2) is 38.9 Å². The number of amides is 2. The molecule has 2 heterocycles. The molecule has 1 aliphatic heterocycles.